The van der Waals surface area contributed by atoms with Gasteiger partial charge in [0.2, 0.25) is 0 Å². The Labute approximate surface area is 71.0 Å². The highest BCUT2D eigenvalue weighted by atomic mass is 35.5. The molecule has 0 aromatic carbocycles. The van der Waals surface area contributed by atoms with Gasteiger partial charge in [-0.05, 0) is 12.8 Å². The lowest BCUT2D eigenvalue weighted by Gasteiger charge is -2.01. The smallest absolute Gasteiger partial charge is 0.320 e. The average Bonchev–Trinajstić information content (AvgIpc) is 1.82. The van der Waals surface area contributed by atoms with E-state index in [9.17, 15) is 4.79 Å². The van der Waals surface area contributed by atoms with Crippen LogP contribution in [0, 0.1) is 0 Å². The van der Waals surface area contributed by atoms with E-state index >= 15 is 0 Å². The molecule has 0 amide bonds. The third-order valence-electron chi connectivity index (χ3n) is 0.966. The molecule has 0 saturated heterocycles. The summed E-state index contributed by atoms with van der Waals surface area (Å²) in [5, 5.41) is 8.24. The van der Waals surface area contributed by atoms with Gasteiger partial charge in [0.15, 0.2) is 0 Å². The van der Waals surface area contributed by atoms with E-state index in [-0.39, 0.29) is 12.4 Å². The van der Waals surface area contributed by atoms with E-state index in [1.807, 2.05) is 0 Å². The molecule has 0 aliphatic rings. The van der Waals surface area contributed by atoms with Crippen molar-refractivity contribution in [3.8, 4) is 0 Å². The van der Waals surface area contributed by atoms with Crippen LogP contribution >= 0.6 is 24.0 Å². The van der Waals surface area contributed by atoms with Crippen LogP contribution in [0.5, 0.6) is 0 Å². The lowest BCUT2D eigenvalue weighted by atomic mass is 10.2. The zero-order chi connectivity index (χ0) is 7.28. The third-order valence-corrected chi connectivity index (χ3v) is 1.23. The molecule has 0 aromatic heterocycles. The summed E-state index contributed by atoms with van der Waals surface area (Å²) < 4.78 is 0. The van der Waals surface area contributed by atoms with Crippen molar-refractivity contribution >= 4 is 30.0 Å². The fourth-order valence-electron chi connectivity index (χ4n) is 0.421. The van der Waals surface area contributed by atoms with Crippen molar-refractivity contribution in [2.45, 2.75) is 18.9 Å². The van der Waals surface area contributed by atoms with E-state index in [0.29, 0.717) is 18.7 Å². The molecule has 10 heavy (non-hydrogen) atoms. The molecular formula is C5H11Cl2NO2. The summed E-state index contributed by atoms with van der Waals surface area (Å²) in [6.07, 6.45) is 1.12. The first-order valence-electron chi connectivity index (χ1n) is 2.73. The number of aliphatic carboxylic acids is 1. The van der Waals surface area contributed by atoms with Crippen LogP contribution in [0.15, 0.2) is 0 Å². The summed E-state index contributed by atoms with van der Waals surface area (Å²) in [4.78, 5) is 10.0. The molecule has 62 valence electrons. The van der Waals surface area contributed by atoms with Crippen LogP contribution in [0.25, 0.3) is 0 Å². The lowest BCUT2D eigenvalue weighted by molar-refractivity contribution is -0.138. The van der Waals surface area contributed by atoms with E-state index in [0.717, 1.165) is 0 Å². The molecule has 0 fully saturated rings. The highest BCUT2D eigenvalue weighted by Gasteiger charge is 2.08. The van der Waals surface area contributed by atoms with Gasteiger partial charge in [-0.15, -0.1) is 24.0 Å². The maximum atomic E-state index is 10.0. The van der Waals surface area contributed by atoms with Crippen LogP contribution in [0.3, 0.4) is 0 Å². The first-order valence-corrected chi connectivity index (χ1v) is 3.26. The topological polar surface area (TPSA) is 63.3 Å². The van der Waals surface area contributed by atoms with E-state index in [1.165, 1.54) is 0 Å². The van der Waals surface area contributed by atoms with Gasteiger partial charge in [0, 0.05) is 5.88 Å². The van der Waals surface area contributed by atoms with E-state index in [1.54, 1.807) is 0 Å². The number of hydrogen-bond donors (Lipinski definition) is 2. The van der Waals surface area contributed by atoms with Gasteiger partial charge in [0.1, 0.15) is 6.04 Å². The van der Waals surface area contributed by atoms with Crippen molar-refractivity contribution < 1.29 is 9.90 Å². The number of halogens is 2. The molecule has 0 radical (unpaired) electrons. The summed E-state index contributed by atoms with van der Waals surface area (Å²) >= 11 is 5.30. The predicted molar refractivity (Wildman–Crippen MR) is 42.8 cm³/mol. The van der Waals surface area contributed by atoms with E-state index in [2.05, 4.69) is 0 Å². The van der Waals surface area contributed by atoms with E-state index in [4.69, 9.17) is 22.4 Å². The minimum absolute atomic E-state index is 0. The predicted octanol–water partition coefficient (Wildman–Crippen LogP) is 0.839. The number of rotatable bonds is 4. The Morgan fingerprint density at radius 3 is 2.50 bits per heavy atom. The number of hydrogen-bond acceptors (Lipinski definition) is 2. The van der Waals surface area contributed by atoms with E-state index < -0.39 is 12.0 Å². The fourth-order valence-corrected chi connectivity index (χ4v) is 0.575. The molecule has 0 unspecified atom stereocenters. The van der Waals surface area contributed by atoms with Crippen molar-refractivity contribution in [3.63, 3.8) is 0 Å². The summed E-state index contributed by atoms with van der Waals surface area (Å²) in [6.45, 7) is 0. The van der Waals surface area contributed by atoms with Crippen LogP contribution in [-0.2, 0) is 4.79 Å². The zero-order valence-electron chi connectivity index (χ0n) is 5.42. The monoisotopic (exact) mass is 187 g/mol. The molecule has 3 nitrogen and oxygen atoms in total. The average molecular weight is 188 g/mol. The van der Waals surface area contributed by atoms with Gasteiger partial charge in [-0.25, -0.2) is 0 Å². The van der Waals surface area contributed by atoms with Crippen molar-refractivity contribution in [2.24, 2.45) is 5.73 Å². The molecule has 0 aliphatic carbocycles. The van der Waals surface area contributed by atoms with Crippen LogP contribution in [-0.4, -0.2) is 23.0 Å². The van der Waals surface area contributed by atoms with Crippen molar-refractivity contribution in [1.29, 1.82) is 0 Å². The SMILES string of the molecule is Cl.N[C@@H](CCCCl)C(=O)O. The number of nitrogens with two attached hydrogens (primary N) is 1. The highest BCUT2D eigenvalue weighted by molar-refractivity contribution is 6.17. The van der Waals surface area contributed by atoms with Gasteiger partial charge in [0.25, 0.3) is 0 Å². The van der Waals surface area contributed by atoms with Gasteiger partial charge in [-0.1, -0.05) is 0 Å². The summed E-state index contributed by atoms with van der Waals surface area (Å²) in [7, 11) is 0. The van der Waals surface area contributed by atoms with Crippen molar-refractivity contribution in [3.05, 3.63) is 0 Å². The van der Waals surface area contributed by atoms with Gasteiger partial charge < -0.3 is 10.8 Å². The molecule has 5 heteroatoms. The Kier molecular flexibility index (Phi) is 9.02. The lowest BCUT2D eigenvalue weighted by Crippen LogP contribution is -2.29. The van der Waals surface area contributed by atoms with Crippen LogP contribution in [0.1, 0.15) is 12.8 Å². The number of carboxylic acid groups (broad SMARTS) is 1. The first kappa shape index (κ1) is 12.7. The minimum Gasteiger partial charge on any atom is -0.480 e. The Morgan fingerprint density at radius 1 is 1.70 bits per heavy atom. The first-order chi connectivity index (χ1) is 4.18. The molecular weight excluding hydrogens is 177 g/mol. The quantitative estimate of drug-likeness (QED) is 0.642. The van der Waals surface area contributed by atoms with Crippen LogP contribution in [0.4, 0.5) is 0 Å². The van der Waals surface area contributed by atoms with Crippen LogP contribution < -0.4 is 5.73 Å². The number of carboxylic acids is 1. The third kappa shape index (κ3) is 6.13. The second-order valence-corrected chi connectivity index (χ2v) is 2.15. The number of alkyl halides is 1. The zero-order valence-corrected chi connectivity index (χ0v) is 6.99. The minimum atomic E-state index is -0.958. The van der Waals surface area contributed by atoms with Gasteiger partial charge in [0.05, 0.1) is 0 Å². The maximum absolute atomic E-state index is 10.0. The van der Waals surface area contributed by atoms with Gasteiger partial charge in [-0.3, -0.25) is 4.79 Å². The Balaban J connectivity index is 0. The molecule has 0 saturated carbocycles. The molecule has 1 atom stereocenters. The second-order valence-electron chi connectivity index (χ2n) is 1.78. The molecule has 0 heterocycles. The van der Waals surface area contributed by atoms with Crippen molar-refractivity contribution in [2.75, 3.05) is 5.88 Å². The molecule has 0 spiro atoms. The normalized spacial score (nSPS) is 11.8. The van der Waals surface area contributed by atoms with Crippen molar-refractivity contribution in [1.82, 2.24) is 0 Å². The summed E-state index contributed by atoms with van der Waals surface area (Å²) in [6, 6.07) is -0.747. The Morgan fingerprint density at radius 2 is 2.20 bits per heavy atom. The fraction of sp³-hybridized carbons (Fsp3) is 0.800. The largest absolute Gasteiger partial charge is 0.480 e. The van der Waals surface area contributed by atoms with Gasteiger partial charge >= 0.3 is 5.97 Å². The highest BCUT2D eigenvalue weighted by Crippen LogP contribution is 1.95. The standard InChI is InChI=1S/C5H10ClNO2.ClH/c6-3-1-2-4(7)5(8)9;/h4H,1-3,7H2,(H,8,9);1H/t4-;/m0./s1. The van der Waals surface area contributed by atoms with Crippen LogP contribution in [0.2, 0.25) is 0 Å². The second kappa shape index (κ2) is 7.12. The molecule has 3 N–H and O–H groups in total. The Bertz CT molecular complexity index is 99.6. The summed E-state index contributed by atoms with van der Waals surface area (Å²) in [5.41, 5.74) is 5.14. The van der Waals surface area contributed by atoms with Gasteiger partial charge in [-0.2, -0.15) is 0 Å². The molecule has 0 rings (SSSR count). The molecule has 0 aromatic rings. The molecule has 0 bridgehead atoms. The maximum Gasteiger partial charge on any atom is 0.320 e. The Hall–Kier alpha value is 0.01000. The summed E-state index contributed by atoms with van der Waals surface area (Å²) in [5.74, 6) is -0.485. The molecule has 0 aliphatic heterocycles. The number of carbonyl (C=O) groups is 1.